The summed E-state index contributed by atoms with van der Waals surface area (Å²) in [4.78, 5) is 0. The molecule has 0 heterocycles. The third-order valence-corrected chi connectivity index (χ3v) is 6.05. The molecule has 0 aromatic rings. The van der Waals surface area contributed by atoms with Gasteiger partial charge in [-0.15, -0.1) is 0 Å². The van der Waals surface area contributed by atoms with Crippen LogP contribution < -0.4 is 0 Å². The van der Waals surface area contributed by atoms with Gasteiger partial charge in [0.15, 0.2) is 0 Å². The van der Waals surface area contributed by atoms with Crippen molar-refractivity contribution in [3.8, 4) is 12.1 Å². The Kier molecular flexibility index (Phi) is 14.7. The van der Waals surface area contributed by atoms with Gasteiger partial charge >= 0.3 is 0 Å². The van der Waals surface area contributed by atoms with Gasteiger partial charge in [0.2, 0.25) is 10.0 Å². The van der Waals surface area contributed by atoms with Gasteiger partial charge in [0.1, 0.15) is 0 Å². The minimum absolute atomic E-state index is 0.125. The summed E-state index contributed by atoms with van der Waals surface area (Å²) in [6.45, 7) is 2.60. The maximum Gasteiger partial charge on any atom is 0.214 e. The molecule has 0 spiro atoms. The Morgan fingerprint density at radius 2 is 1.17 bits per heavy atom. The first-order chi connectivity index (χ1) is 11.6. The number of hydrogen-bond donors (Lipinski definition) is 0. The van der Waals surface area contributed by atoms with Crippen molar-refractivity contribution < 1.29 is 8.42 Å². The van der Waals surface area contributed by atoms with Crippen molar-refractivity contribution in [1.29, 1.82) is 10.5 Å². The highest BCUT2D eigenvalue weighted by atomic mass is 32.2. The molecule has 0 saturated heterocycles. The number of unbranched alkanes of at least 4 members (excludes halogenated alkanes) is 9. The molecule has 0 aliphatic rings. The Balaban J connectivity index is 3.88. The summed E-state index contributed by atoms with van der Waals surface area (Å²) in [7, 11) is -3.34. The van der Waals surface area contributed by atoms with Gasteiger partial charge < -0.3 is 0 Å². The van der Waals surface area contributed by atoms with Gasteiger partial charge in [0.25, 0.3) is 0 Å². The first kappa shape index (κ1) is 22.9. The fourth-order valence-electron chi connectivity index (χ4n) is 2.64. The van der Waals surface area contributed by atoms with Gasteiger partial charge in [-0.2, -0.15) is 14.8 Å². The SMILES string of the molecule is CCCCCCCCCCCCS(=O)(=O)N(CCC#N)CCC#N. The highest BCUT2D eigenvalue weighted by Crippen LogP contribution is 2.12. The molecule has 6 heteroatoms. The van der Waals surface area contributed by atoms with Crippen LogP contribution in [0.5, 0.6) is 0 Å². The van der Waals surface area contributed by atoms with Gasteiger partial charge in [0, 0.05) is 25.9 Å². The molecule has 0 rings (SSSR count). The van der Waals surface area contributed by atoms with Gasteiger partial charge in [-0.1, -0.05) is 64.7 Å². The normalized spacial score (nSPS) is 11.3. The fourth-order valence-corrected chi connectivity index (χ4v) is 4.21. The van der Waals surface area contributed by atoms with E-state index in [0.717, 1.165) is 12.8 Å². The van der Waals surface area contributed by atoms with Crippen molar-refractivity contribution in [3.05, 3.63) is 0 Å². The topological polar surface area (TPSA) is 85.0 Å². The molecule has 24 heavy (non-hydrogen) atoms. The first-order valence-electron chi connectivity index (χ1n) is 9.30. The molecule has 0 atom stereocenters. The molecule has 0 unspecified atom stereocenters. The van der Waals surface area contributed by atoms with Gasteiger partial charge in [0.05, 0.1) is 17.9 Å². The monoisotopic (exact) mass is 355 g/mol. The number of nitrogens with zero attached hydrogens (tertiary/aromatic N) is 3. The van der Waals surface area contributed by atoms with E-state index >= 15 is 0 Å². The van der Waals surface area contributed by atoms with Crippen LogP contribution in [-0.4, -0.2) is 31.6 Å². The van der Waals surface area contributed by atoms with E-state index in [1.54, 1.807) is 0 Å². The lowest BCUT2D eigenvalue weighted by atomic mass is 10.1. The summed E-state index contributed by atoms with van der Waals surface area (Å²) >= 11 is 0. The van der Waals surface area contributed by atoms with E-state index in [9.17, 15) is 8.42 Å². The summed E-state index contributed by atoms with van der Waals surface area (Å²) in [5.41, 5.74) is 0. The zero-order chi connectivity index (χ0) is 18.1. The molecule has 0 saturated carbocycles. The molecule has 138 valence electrons. The Hall–Kier alpha value is -1.11. The van der Waals surface area contributed by atoms with Crippen LogP contribution in [0.25, 0.3) is 0 Å². The van der Waals surface area contributed by atoms with Crippen LogP contribution in [0.15, 0.2) is 0 Å². The smallest absolute Gasteiger partial charge is 0.212 e. The molecule has 0 aliphatic carbocycles. The standard InChI is InChI=1S/C18H33N3O2S/c1-2-3-4-5-6-7-8-9-10-11-18-24(22,23)21(16-12-14-19)17-13-15-20/h2-13,16-18H2,1H3. The molecule has 0 amide bonds. The summed E-state index contributed by atoms with van der Waals surface area (Å²) < 4.78 is 25.9. The molecular formula is C18H33N3O2S. The van der Waals surface area contributed by atoms with Crippen molar-refractivity contribution >= 4 is 10.0 Å². The fraction of sp³-hybridized carbons (Fsp3) is 0.889. The number of nitriles is 2. The summed E-state index contributed by atoms with van der Waals surface area (Å²) in [6.07, 6.45) is 12.0. The number of hydrogen-bond acceptors (Lipinski definition) is 4. The lowest BCUT2D eigenvalue weighted by molar-refractivity contribution is 0.423. The van der Waals surface area contributed by atoms with E-state index in [0.29, 0.717) is 6.42 Å². The Labute approximate surface area is 148 Å². The summed E-state index contributed by atoms with van der Waals surface area (Å²) in [5.74, 6) is 0.125. The van der Waals surface area contributed by atoms with Crippen molar-refractivity contribution in [2.45, 2.75) is 84.0 Å². The Morgan fingerprint density at radius 3 is 1.58 bits per heavy atom. The molecular weight excluding hydrogens is 322 g/mol. The molecule has 0 fully saturated rings. The van der Waals surface area contributed by atoms with E-state index < -0.39 is 10.0 Å². The van der Waals surface area contributed by atoms with E-state index in [-0.39, 0.29) is 31.7 Å². The van der Waals surface area contributed by atoms with E-state index in [1.807, 2.05) is 12.1 Å². The predicted molar refractivity (Wildman–Crippen MR) is 97.7 cm³/mol. The van der Waals surface area contributed by atoms with Gasteiger partial charge in [-0.3, -0.25) is 0 Å². The molecule has 0 aromatic heterocycles. The van der Waals surface area contributed by atoms with Crippen molar-refractivity contribution in [1.82, 2.24) is 4.31 Å². The second kappa shape index (κ2) is 15.4. The minimum atomic E-state index is -3.34. The van der Waals surface area contributed by atoms with Crippen molar-refractivity contribution in [3.63, 3.8) is 0 Å². The zero-order valence-electron chi connectivity index (χ0n) is 15.2. The second-order valence-corrected chi connectivity index (χ2v) is 8.30. The lowest BCUT2D eigenvalue weighted by Crippen LogP contribution is -2.34. The average Bonchev–Trinajstić information content (AvgIpc) is 2.56. The molecule has 0 radical (unpaired) electrons. The quantitative estimate of drug-likeness (QED) is 0.385. The van der Waals surface area contributed by atoms with Crippen LogP contribution >= 0.6 is 0 Å². The van der Waals surface area contributed by atoms with Crippen LogP contribution in [0.4, 0.5) is 0 Å². The van der Waals surface area contributed by atoms with E-state index in [4.69, 9.17) is 10.5 Å². The maximum atomic E-state index is 12.3. The summed E-state index contributed by atoms with van der Waals surface area (Å²) in [6, 6.07) is 3.93. The Bertz CT molecular complexity index is 459. The van der Waals surface area contributed by atoms with Crippen LogP contribution in [0, 0.1) is 22.7 Å². The highest BCUT2D eigenvalue weighted by molar-refractivity contribution is 7.89. The van der Waals surface area contributed by atoms with Crippen molar-refractivity contribution in [2.75, 3.05) is 18.8 Å². The van der Waals surface area contributed by atoms with E-state index in [1.165, 1.54) is 49.3 Å². The largest absolute Gasteiger partial charge is 0.214 e. The molecule has 0 N–H and O–H groups in total. The minimum Gasteiger partial charge on any atom is -0.212 e. The van der Waals surface area contributed by atoms with Crippen molar-refractivity contribution in [2.24, 2.45) is 0 Å². The first-order valence-corrected chi connectivity index (χ1v) is 10.9. The molecule has 0 aliphatic heterocycles. The third-order valence-electron chi connectivity index (χ3n) is 4.10. The highest BCUT2D eigenvalue weighted by Gasteiger charge is 2.20. The Morgan fingerprint density at radius 1 is 0.750 bits per heavy atom. The average molecular weight is 356 g/mol. The molecule has 0 aromatic carbocycles. The maximum absolute atomic E-state index is 12.3. The van der Waals surface area contributed by atoms with Crippen LogP contribution in [0.3, 0.4) is 0 Å². The second-order valence-electron chi connectivity index (χ2n) is 6.21. The molecule has 0 bridgehead atoms. The number of rotatable bonds is 16. The lowest BCUT2D eigenvalue weighted by Gasteiger charge is -2.19. The molecule has 5 nitrogen and oxygen atoms in total. The van der Waals surface area contributed by atoms with Crippen LogP contribution in [0.1, 0.15) is 84.0 Å². The predicted octanol–water partition coefficient (Wildman–Crippen LogP) is 4.37. The van der Waals surface area contributed by atoms with Gasteiger partial charge in [-0.25, -0.2) is 8.42 Å². The summed E-state index contributed by atoms with van der Waals surface area (Å²) in [5, 5.41) is 17.3. The van der Waals surface area contributed by atoms with Crippen LogP contribution in [-0.2, 0) is 10.0 Å². The third kappa shape index (κ3) is 12.3. The number of sulfonamides is 1. The zero-order valence-corrected chi connectivity index (χ0v) is 16.0. The van der Waals surface area contributed by atoms with E-state index in [2.05, 4.69) is 6.92 Å². The van der Waals surface area contributed by atoms with Gasteiger partial charge in [-0.05, 0) is 6.42 Å². The van der Waals surface area contributed by atoms with Crippen LogP contribution in [0.2, 0.25) is 0 Å².